The van der Waals surface area contributed by atoms with Gasteiger partial charge in [0, 0.05) is 6.61 Å². The third-order valence-corrected chi connectivity index (χ3v) is 5.47. The molecular weight excluding hydrogens is 352 g/mol. The van der Waals surface area contributed by atoms with E-state index in [1.165, 1.54) is 50.7 Å². The summed E-state index contributed by atoms with van der Waals surface area (Å²) in [6.45, 7) is 4.46. The Balaban J connectivity index is 2.08. The normalized spacial score (nSPS) is 13.0. The monoisotopic (exact) mass is 386 g/mol. The minimum absolute atomic E-state index is 0.0833. The van der Waals surface area contributed by atoms with Crippen LogP contribution < -0.4 is 0 Å². The number of aliphatic hydroxyl groups excluding tert-OH is 1. The molecule has 0 amide bonds. The summed E-state index contributed by atoms with van der Waals surface area (Å²) >= 11 is 0. The van der Waals surface area contributed by atoms with Gasteiger partial charge in [-0.15, -0.1) is 0 Å². The Bertz CT molecular complexity index is 568. The van der Waals surface area contributed by atoms with E-state index < -0.39 is 16.2 Å². The average Bonchev–Trinajstić information content (AvgIpc) is 2.62. The van der Waals surface area contributed by atoms with Crippen molar-refractivity contribution >= 4 is 10.1 Å². The first-order chi connectivity index (χ1) is 12.5. The zero-order valence-corrected chi connectivity index (χ0v) is 17.0. The second-order valence-electron chi connectivity index (χ2n) is 6.76. The Labute approximate surface area is 158 Å². The van der Waals surface area contributed by atoms with Crippen LogP contribution in [0.3, 0.4) is 0 Å². The van der Waals surface area contributed by atoms with E-state index in [-0.39, 0.29) is 18.1 Å². The maximum atomic E-state index is 12.0. The van der Waals surface area contributed by atoms with E-state index in [1.807, 2.05) is 6.92 Å². The van der Waals surface area contributed by atoms with Gasteiger partial charge < -0.3 is 9.84 Å². The lowest BCUT2D eigenvalue weighted by Crippen LogP contribution is -2.24. The van der Waals surface area contributed by atoms with Crippen LogP contribution in [0.15, 0.2) is 29.2 Å². The molecule has 150 valence electrons. The van der Waals surface area contributed by atoms with Crippen molar-refractivity contribution in [3.05, 3.63) is 29.8 Å². The molecule has 0 aromatic heterocycles. The Morgan fingerprint density at radius 3 is 2.12 bits per heavy atom. The van der Waals surface area contributed by atoms with E-state index in [1.54, 1.807) is 12.1 Å². The fourth-order valence-corrected chi connectivity index (χ4v) is 3.49. The molecule has 0 aliphatic heterocycles. The van der Waals surface area contributed by atoms with Crippen LogP contribution in [-0.4, -0.2) is 39.4 Å². The molecular formula is C20H34O5S. The molecule has 1 aromatic carbocycles. The van der Waals surface area contributed by atoms with Crippen molar-refractivity contribution in [3.8, 4) is 0 Å². The van der Waals surface area contributed by atoms with Gasteiger partial charge in [0.05, 0.1) is 18.1 Å². The van der Waals surface area contributed by atoms with Gasteiger partial charge in [0.15, 0.2) is 0 Å². The van der Waals surface area contributed by atoms with Crippen LogP contribution in [0.2, 0.25) is 0 Å². The lowest BCUT2D eigenvalue weighted by molar-refractivity contribution is 0.0122. The highest BCUT2D eigenvalue weighted by atomic mass is 32.2. The number of benzene rings is 1. The van der Waals surface area contributed by atoms with E-state index >= 15 is 0 Å². The summed E-state index contributed by atoms with van der Waals surface area (Å²) in [5.74, 6) is 0. The summed E-state index contributed by atoms with van der Waals surface area (Å²) < 4.78 is 34.3. The average molecular weight is 387 g/mol. The van der Waals surface area contributed by atoms with Crippen molar-refractivity contribution in [3.63, 3.8) is 0 Å². The molecule has 1 atom stereocenters. The quantitative estimate of drug-likeness (QED) is 0.361. The topological polar surface area (TPSA) is 72.8 Å². The Kier molecular flexibility index (Phi) is 11.8. The first-order valence-electron chi connectivity index (χ1n) is 9.67. The molecule has 0 unspecified atom stereocenters. The summed E-state index contributed by atoms with van der Waals surface area (Å²) in [6.07, 6.45) is 8.84. The molecule has 1 N–H and O–H groups in total. The number of hydrogen-bond donors (Lipinski definition) is 1. The number of aryl methyl sites for hydroxylation is 1. The third-order valence-electron chi connectivity index (χ3n) is 4.18. The number of aliphatic hydroxyl groups is 1. The first kappa shape index (κ1) is 23.1. The molecule has 1 rings (SSSR count). The Morgan fingerprint density at radius 2 is 1.50 bits per heavy atom. The highest BCUT2D eigenvalue weighted by Gasteiger charge is 2.17. The summed E-state index contributed by atoms with van der Waals surface area (Å²) in [4.78, 5) is 0.0927. The molecule has 0 saturated carbocycles. The molecule has 26 heavy (non-hydrogen) atoms. The van der Waals surface area contributed by atoms with Gasteiger partial charge in [-0.05, 0) is 25.5 Å². The van der Waals surface area contributed by atoms with Crippen LogP contribution in [0.1, 0.15) is 63.9 Å². The second-order valence-corrected chi connectivity index (χ2v) is 8.37. The van der Waals surface area contributed by atoms with Crippen LogP contribution in [0, 0.1) is 6.92 Å². The lowest BCUT2D eigenvalue weighted by atomic mass is 10.1. The molecule has 6 heteroatoms. The SMILES string of the molecule is CCCCCCCCCCOC[C@@H](O)COS(=O)(=O)c1ccc(C)cc1. The van der Waals surface area contributed by atoms with Gasteiger partial charge in [-0.3, -0.25) is 4.18 Å². The van der Waals surface area contributed by atoms with E-state index in [4.69, 9.17) is 8.92 Å². The molecule has 0 radical (unpaired) electrons. The van der Waals surface area contributed by atoms with Crippen molar-refractivity contribution in [2.24, 2.45) is 0 Å². The summed E-state index contributed by atoms with van der Waals surface area (Å²) in [6, 6.07) is 6.41. The molecule has 0 fully saturated rings. The highest BCUT2D eigenvalue weighted by molar-refractivity contribution is 7.86. The zero-order chi connectivity index (χ0) is 19.3. The van der Waals surface area contributed by atoms with Crippen LogP contribution in [-0.2, 0) is 19.0 Å². The smallest absolute Gasteiger partial charge is 0.297 e. The van der Waals surface area contributed by atoms with Crippen molar-refractivity contribution < 1.29 is 22.4 Å². The van der Waals surface area contributed by atoms with Gasteiger partial charge >= 0.3 is 0 Å². The van der Waals surface area contributed by atoms with E-state index in [0.717, 1.165) is 18.4 Å². The molecule has 5 nitrogen and oxygen atoms in total. The minimum atomic E-state index is -3.84. The van der Waals surface area contributed by atoms with Gasteiger partial charge in [0.25, 0.3) is 10.1 Å². The predicted octanol–water partition coefficient (Wildman–Crippen LogP) is 4.22. The molecule has 0 heterocycles. The van der Waals surface area contributed by atoms with Gasteiger partial charge in [-0.1, -0.05) is 69.6 Å². The van der Waals surface area contributed by atoms with Crippen LogP contribution >= 0.6 is 0 Å². The number of rotatable bonds is 15. The van der Waals surface area contributed by atoms with Gasteiger partial charge in [0.2, 0.25) is 0 Å². The fourth-order valence-electron chi connectivity index (χ4n) is 2.55. The predicted molar refractivity (Wildman–Crippen MR) is 104 cm³/mol. The fraction of sp³-hybridized carbons (Fsp3) is 0.700. The van der Waals surface area contributed by atoms with Crippen molar-refractivity contribution in [2.75, 3.05) is 19.8 Å². The Morgan fingerprint density at radius 1 is 0.923 bits per heavy atom. The summed E-state index contributed by atoms with van der Waals surface area (Å²) in [7, 11) is -3.84. The summed E-state index contributed by atoms with van der Waals surface area (Å²) in [5.41, 5.74) is 0.971. The number of ether oxygens (including phenoxy) is 1. The number of hydrogen-bond acceptors (Lipinski definition) is 5. The number of unbranched alkanes of at least 4 members (excludes halogenated alkanes) is 7. The molecule has 0 aliphatic rings. The zero-order valence-electron chi connectivity index (χ0n) is 16.2. The van der Waals surface area contributed by atoms with Gasteiger partial charge in [-0.25, -0.2) is 0 Å². The van der Waals surface area contributed by atoms with Crippen molar-refractivity contribution in [1.82, 2.24) is 0 Å². The molecule has 0 saturated heterocycles. The van der Waals surface area contributed by atoms with E-state index in [0.29, 0.717) is 6.61 Å². The van der Waals surface area contributed by atoms with Crippen LogP contribution in [0.4, 0.5) is 0 Å². The maximum Gasteiger partial charge on any atom is 0.297 e. The minimum Gasteiger partial charge on any atom is -0.388 e. The maximum absolute atomic E-state index is 12.0. The first-order valence-corrected chi connectivity index (χ1v) is 11.1. The van der Waals surface area contributed by atoms with Crippen molar-refractivity contribution in [2.45, 2.75) is 76.2 Å². The van der Waals surface area contributed by atoms with E-state index in [2.05, 4.69) is 6.92 Å². The molecule has 1 aromatic rings. The van der Waals surface area contributed by atoms with Crippen LogP contribution in [0.25, 0.3) is 0 Å². The van der Waals surface area contributed by atoms with Crippen LogP contribution in [0.5, 0.6) is 0 Å². The van der Waals surface area contributed by atoms with Crippen molar-refractivity contribution in [1.29, 1.82) is 0 Å². The molecule has 0 bridgehead atoms. The standard InChI is InChI=1S/C20H34O5S/c1-3-4-5-6-7-8-9-10-15-24-16-19(21)17-25-26(22,23)20-13-11-18(2)12-14-20/h11-14,19,21H,3-10,15-17H2,1-2H3/t19-/m1/s1. The summed E-state index contributed by atoms with van der Waals surface area (Å²) in [5, 5.41) is 9.81. The van der Waals surface area contributed by atoms with E-state index in [9.17, 15) is 13.5 Å². The highest BCUT2D eigenvalue weighted by Crippen LogP contribution is 2.13. The Hall–Kier alpha value is -0.950. The molecule has 0 spiro atoms. The third kappa shape index (κ3) is 10.3. The largest absolute Gasteiger partial charge is 0.388 e. The van der Waals surface area contributed by atoms with Gasteiger partial charge in [-0.2, -0.15) is 8.42 Å². The van der Waals surface area contributed by atoms with Gasteiger partial charge in [0.1, 0.15) is 6.10 Å². The molecule has 0 aliphatic carbocycles. The second kappa shape index (κ2) is 13.3. The lowest BCUT2D eigenvalue weighted by Gasteiger charge is -2.12.